The Balaban J connectivity index is 2.12. The zero-order valence-electron chi connectivity index (χ0n) is 14.4. The van der Waals surface area contributed by atoms with Gasteiger partial charge in [-0.05, 0) is 36.1 Å². The fourth-order valence-electron chi connectivity index (χ4n) is 2.31. The lowest BCUT2D eigenvalue weighted by atomic mass is 10.2. The molecule has 5 nitrogen and oxygen atoms in total. The van der Waals surface area contributed by atoms with Crippen molar-refractivity contribution in [3.05, 3.63) is 46.2 Å². The van der Waals surface area contributed by atoms with Crippen LogP contribution in [0, 0.1) is 0 Å². The second kappa shape index (κ2) is 9.00. The predicted molar refractivity (Wildman–Crippen MR) is 92.5 cm³/mol. The zero-order chi connectivity index (χ0) is 20.9. The van der Waals surface area contributed by atoms with E-state index in [1.165, 1.54) is 42.6 Å². The summed E-state index contributed by atoms with van der Waals surface area (Å²) in [5, 5.41) is 3.88. The third-order valence-electron chi connectivity index (χ3n) is 3.52. The van der Waals surface area contributed by atoms with Crippen LogP contribution < -0.4 is 10.1 Å². The number of carbonyl (C=O) groups is 2. The molecule has 0 aliphatic heterocycles. The average molecular weight is 422 g/mol. The molecule has 0 aliphatic carbocycles. The van der Waals surface area contributed by atoms with E-state index in [2.05, 4.69) is 10.1 Å². The van der Waals surface area contributed by atoms with Crippen molar-refractivity contribution in [2.24, 2.45) is 0 Å². The molecule has 2 rings (SSSR count). The lowest BCUT2D eigenvalue weighted by Crippen LogP contribution is -2.40. The molecule has 0 fully saturated rings. The monoisotopic (exact) mass is 422 g/mol. The van der Waals surface area contributed by atoms with Gasteiger partial charge in [0.2, 0.25) is 0 Å². The highest BCUT2D eigenvalue weighted by Crippen LogP contribution is 2.27. The lowest BCUT2D eigenvalue weighted by molar-refractivity contribution is -0.185. The Bertz CT molecular complexity index is 838. The van der Waals surface area contributed by atoms with E-state index in [1.807, 2.05) is 0 Å². The van der Waals surface area contributed by atoms with Crippen LogP contribution in [0.25, 0.3) is 0 Å². The summed E-state index contributed by atoms with van der Waals surface area (Å²) in [4.78, 5) is 24.2. The van der Waals surface area contributed by atoms with Gasteiger partial charge in [-0.3, -0.25) is 9.59 Å². The minimum atomic E-state index is -4.98. The molecule has 1 N–H and O–H groups in total. The second-order valence-electron chi connectivity index (χ2n) is 5.46. The number of benzene rings is 1. The number of hydrogen-bond acceptors (Lipinski definition) is 4. The summed E-state index contributed by atoms with van der Waals surface area (Å²) in [6.45, 7) is -2.14. The van der Waals surface area contributed by atoms with Crippen molar-refractivity contribution in [1.82, 2.24) is 4.90 Å². The molecule has 1 heterocycles. The number of thiophene rings is 1. The van der Waals surface area contributed by atoms with Gasteiger partial charge in [-0.25, -0.2) is 0 Å². The van der Waals surface area contributed by atoms with Gasteiger partial charge in [-0.1, -0.05) is 12.1 Å². The average Bonchev–Trinajstić information content (AvgIpc) is 3.06. The quantitative estimate of drug-likeness (QED) is 0.668. The zero-order valence-corrected chi connectivity index (χ0v) is 15.2. The topological polar surface area (TPSA) is 58.6 Å². The number of hydrogen-bond donors (Lipinski definition) is 1. The first-order valence-corrected chi connectivity index (χ1v) is 8.78. The molecule has 2 amide bonds. The summed E-state index contributed by atoms with van der Waals surface area (Å²) in [6, 6.07) is 7.08. The molecular formula is C17H15F5N2O3S. The molecule has 0 radical (unpaired) electrons. The Kier molecular flexibility index (Phi) is 6.95. The SMILES string of the molecule is CCN(Cc1cccc(NC(=O)c2sccc2OC(F)F)c1)C(=O)C(F)(F)F. The van der Waals surface area contributed by atoms with Crippen molar-refractivity contribution < 1.29 is 36.3 Å². The maximum absolute atomic E-state index is 12.6. The number of halogens is 5. The van der Waals surface area contributed by atoms with E-state index in [9.17, 15) is 31.5 Å². The summed E-state index contributed by atoms with van der Waals surface area (Å²) < 4.78 is 66.8. The number of nitrogens with zero attached hydrogens (tertiary/aromatic N) is 1. The molecule has 0 saturated heterocycles. The van der Waals surface area contributed by atoms with Crippen LogP contribution in [0.15, 0.2) is 35.7 Å². The molecule has 2 aromatic rings. The minimum Gasteiger partial charge on any atom is -0.433 e. The molecule has 0 aliphatic rings. The predicted octanol–water partition coefficient (Wildman–Crippen LogP) is 4.51. The number of alkyl halides is 5. The van der Waals surface area contributed by atoms with E-state index in [4.69, 9.17) is 0 Å². The highest BCUT2D eigenvalue weighted by molar-refractivity contribution is 7.12. The summed E-state index contributed by atoms with van der Waals surface area (Å²) in [5.74, 6) is -2.94. The number of anilines is 1. The van der Waals surface area contributed by atoms with Gasteiger partial charge < -0.3 is 15.0 Å². The first kappa shape index (κ1) is 21.6. The smallest absolute Gasteiger partial charge is 0.433 e. The normalized spacial score (nSPS) is 11.4. The van der Waals surface area contributed by atoms with Crippen LogP contribution in [0.3, 0.4) is 0 Å². The summed E-state index contributed by atoms with van der Waals surface area (Å²) in [6.07, 6.45) is -4.98. The Morgan fingerprint density at radius 3 is 2.57 bits per heavy atom. The standard InChI is InChI=1S/C17H15F5N2O3S/c1-2-24(15(26)17(20,21)22)9-10-4-3-5-11(8-10)23-14(25)13-12(6-7-28-13)27-16(18)19/h3-8,16H,2,9H2,1H3,(H,23,25). The fourth-order valence-corrected chi connectivity index (χ4v) is 3.03. The molecule has 152 valence electrons. The Hall–Kier alpha value is -2.69. The van der Waals surface area contributed by atoms with E-state index in [1.54, 1.807) is 0 Å². The summed E-state index contributed by atoms with van der Waals surface area (Å²) >= 11 is 0.896. The third-order valence-corrected chi connectivity index (χ3v) is 4.42. The van der Waals surface area contributed by atoms with E-state index in [0.717, 1.165) is 11.3 Å². The Morgan fingerprint density at radius 1 is 1.25 bits per heavy atom. The van der Waals surface area contributed by atoms with Crippen LogP contribution in [-0.4, -0.2) is 36.0 Å². The number of amides is 2. The van der Waals surface area contributed by atoms with Crippen molar-refractivity contribution in [1.29, 1.82) is 0 Å². The maximum Gasteiger partial charge on any atom is 0.471 e. The molecule has 0 saturated carbocycles. The first-order chi connectivity index (χ1) is 13.1. The van der Waals surface area contributed by atoms with Crippen LogP contribution in [0.5, 0.6) is 5.75 Å². The molecule has 11 heteroatoms. The minimum absolute atomic E-state index is 0.0758. The second-order valence-corrected chi connectivity index (χ2v) is 6.38. The number of rotatable bonds is 7. The van der Waals surface area contributed by atoms with E-state index in [0.29, 0.717) is 10.5 Å². The molecule has 1 aromatic heterocycles. The van der Waals surface area contributed by atoms with Gasteiger partial charge >= 0.3 is 18.7 Å². The van der Waals surface area contributed by atoms with Gasteiger partial charge in [0.15, 0.2) is 0 Å². The fraction of sp³-hybridized carbons (Fsp3) is 0.294. The van der Waals surface area contributed by atoms with Gasteiger partial charge in [-0.15, -0.1) is 11.3 Å². The highest BCUT2D eigenvalue weighted by Gasteiger charge is 2.41. The lowest BCUT2D eigenvalue weighted by Gasteiger charge is -2.22. The number of ether oxygens (including phenoxy) is 1. The van der Waals surface area contributed by atoms with Crippen LogP contribution in [-0.2, 0) is 11.3 Å². The Morgan fingerprint density at radius 2 is 1.96 bits per heavy atom. The van der Waals surface area contributed by atoms with Crippen LogP contribution in [0.4, 0.5) is 27.6 Å². The van der Waals surface area contributed by atoms with Gasteiger partial charge in [0.25, 0.3) is 5.91 Å². The molecule has 0 unspecified atom stereocenters. The first-order valence-electron chi connectivity index (χ1n) is 7.90. The van der Waals surface area contributed by atoms with Gasteiger partial charge in [0.1, 0.15) is 10.6 Å². The van der Waals surface area contributed by atoms with E-state index >= 15 is 0 Å². The van der Waals surface area contributed by atoms with Crippen molar-refractivity contribution in [3.63, 3.8) is 0 Å². The van der Waals surface area contributed by atoms with Gasteiger partial charge in [0.05, 0.1) is 0 Å². The van der Waals surface area contributed by atoms with Crippen LogP contribution in [0.2, 0.25) is 0 Å². The molecule has 0 spiro atoms. The van der Waals surface area contributed by atoms with Crippen LogP contribution >= 0.6 is 11.3 Å². The molecule has 28 heavy (non-hydrogen) atoms. The third kappa shape index (κ3) is 5.65. The summed E-state index contributed by atoms with van der Waals surface area (Å²) in [7, 11) is 0. The van der Waals surface area contributed by atoms with E-state index < -0.39 is 24.6 Å². The van der Waals surface area contributed by atoms with Crippen molar-refractivity contribution >= 4 is 28.8 Å². The molecule has 0 bridgehead atoms. The molecular weight excluding hydrogens is 407 g/mol. The number of carbonyl (C=O) groups excluding carboxylic acids is 2. The van der Waals surface area contributed by atoms with E-state index in [-0.39, 0.29) is 29.4 Å². The van der Waals surface area contributed by atoms with Crippen LogP contribution in [0.1, 0.15) is 22.2 Å². The molecule has 1 aromatic carbocycles. The van der Waals surface area contributed by atoms with Gasteiger partial charge in [0, 0.05) is 18.8 Å². The van der Waals surface area contributed by atoms with Crippen molar-refractivity contribution in [2.75, 3.05) is 11.9 Å². The summed E-state index contributed by atoms with van der Waals surface area (Å²) in [5.41, 5.74) is 0.585. The molecule has 0 atom stereocenters. The maximum atomic E-state index is 12.6. The van der Waals surface area contributed by atoms with Crippen molar-refractivity contribution in [2.45, 2.75) is 26.3 Å². The Labute approximate surface area is 160 Å². The largest absolute Gasteiger partial charge is 0.471 e. The van der Waals surface area contributed by atoms with Gasteiger partial charge in [-0.2, -0.15) is 22.0 Å². The highest BCUT2D eigenvalue weighted by atomic mass is 32.1. The van der Waals surface area contributed by atoms with Crippen molar-refractivity contribution in [3.8, 4) is 5.75 Å². The number of nitrogens with one attached hydrogen (secondary N) is 1.